The lowest BCUT2D eigenvalue weighted by molar-refractivity contribution is -0.120. The van der Waals surface area contributed by atoms with Crippen molar-refractivity contribution in [2.45, 2.75) is 26.7 Å². The molecule has 0 aliphatic carbocycles. The second-order valence-corrected chi connectivity index (χ2v) is 8.63. The Hall–Kier alpha value is -2.13. The maximum Gasteiger partial charge on any atom is 0.413 e. The Kier molecular flexibility index (Phi) is 7.20. The average molecular weight is 397 g/mol. The third kappa shape index (κ3) is 5.43. The Balaban J connectivity index is 1.90. The van der Waals surface area contributed by atoms with Crippen LogP contribution in [0.1, 0.15) is 26.7 Å². The third-order valence-electron chi connectivity index (χ3n) is 4.65. The van der Waals surface area contributed by atoms with E-state index in [0.717, 1.165) is 0 Å². The van der Waals surface area contributed by atoms with Crippen molar-refractivity contribution in [1.29, 1.82) is 0 Å². The molecule has 1 aromatic carbocycles. The fourth-order valence-electron chi connectivity index (χ4n) is 2.92. The van der Waals surface area contributed by atoms with Crippen LogP contribution in [0, 0.1) is 5.92 Å². The highest BCUT2D eigenvalue weighted by Crippen LogP contribution is 2.23. The first kappa shape index (κ1) is 21.2. The monoisotopic (exact) mass is 397 g/mol. The number of nitrogens with zero attached hydrogens (tertiary/aromatic N) is 2. The van der Waals surface area contributed by atoms with E-state index in [0.29, 0.717) is 43.9 Å². The summed E-state index contributed by atoms with van der Waals surface area (Å²) >= 11 is 0. The number of amides is 2. The van der Waals surface area contributed by atoms with E-state index in [9.17, 15) is 18.0 Å². The van der Waals surface area contributed by atoms with Gasteiger partial charge in [0.2, 0.25) is 15.9 Å². The zero-order chi connectivity index (χ0) is 20.0. The predicted molar refractivity (Wildman–Crippen MR) is 104 cm³/mol. The molecule has 8 nitrogen and oxygen atoms in total. The van der Waals surface area contributed by atoms with Crippen molar-refractivity contribution < 1.29 is 22.7 Å². The molecule has 0 bridgehead atoms. The molecule has 2 rings (SSSR count). The van der Waals surface area contributed by atoms with Crippen LogP contribution < -0.4 is 10.2 Å². The van der Waals surface area contributed by atoms with Gasteiger partial charge < -0.3 is 10.1 Å². The Morgan fingerprint density at radius 1 is 1.19 bits per heavy atom. The van der Waals surface area contributed by atoms with Crippen LogP contribution >= 0.6 is 0 Å². The van der Waals surface area contributed by atoms with E-state index in [1.165, 1.54) is 9.21 Å². The van der Waals surface area contributed by atoms with Crippen molar-refractivity contribution in [2.75, 3.05) is 42.7 Å². The van der Waals surface area contributed by atoms with Gasteiger partial charge in [-0.25, -0.2) is 17.5 Å². The van der Waals surface area contributed by atoms with Gasteiger partial charge in [-0.15, -0.1) is 0 Å². The minimum Gasteiger partial charge on any atom is -0.449 e. The van der Waals surface area contributed by atoms with Crippen LogP contribution in [0.15, 0.2) is 24.3 Å². The van der Waals surface area contributed by atoms with E-state index < -0.39 is 16.1 Å². The summed E-state index contributed by atoms with van der Waals surface area (Å²) in [5.74, 6) is -0.249. The van der Waals surface area contributed by atoms with Crippen molar-refractivity contribution in [1.82, 2.24) is 4.31 Å². The summed E-state index contributed by atoms with van der Waals surface area (Å²) in [6.45, 7) is 4.41. The number of ether oxygens (including phenoxy) is 1. The summed E-state index contributed by atoms with van der Waals surface area (Å²) in [5.41, 5.74) is 1.29. The molecule has 1 aliphatic heterocycles. The highest BCUT2D eigenvalue weighted by molar-refractivity contribution is 7.89. The van der Waals surface area contributed by atoms with E-state index >= 15 is 0 Å². The number of hydrogen-bond donors (Lipinski definition) is 1. The molecule has 150 valence electrons. The summed E-state index contributed by atoms with van der Waals surface area (Å²) in [4.78, 5) is 25.5. The summed E-state index contributed by atoms with van der Waals surface area (Å²) in [6, 6.07) is 6.89. The van der Waals surface area contributed by atoms with Crippen LogP contribution in [0.25, 0.3) is 0 Å². The lowest BCUT2D eigenvalue weighted by Gasteiger charge is -2.30. The van der Waals surface area contributed by atoms with E-state index in [1.807, 2.05) is 0 Å². The van der Waals surface area contributed by atoms with Crippen molar-refractivity contribution in [3.05, 3.63) is 24.3 Å². The molecule has 0 saturated carbocycles. The Morgan fingerprint density at radius 2 is 1.78 bits per heavy atom. The second kappa shape index (κ2) is 9.18. The number of sulfonamides is 1. The van der Waals surface area contributed by atoms with Gasteiger partial charge >= 0.3 is 6.09 Å². The molecule has 1 heterocycles. The molecule has 2 amide bonds. The van der Waals surface area contributed by atoms with Gasteiger partial charge in [0, 0.05) is 37.4 Å². The molecule has 1 N–H and O–H groups in total. The normalized spacial score (nSPS) is 16.0. The topological polar surface area (TPSA) is 96.0 Å². The van der Waals surface area contributed by atoms with Gasteiger partial charge in [-0.05, 0) is 51.0 Å². The third-order valence-corrected chi connectivity index (χ3v) is 6.53. The molecule has 1 aromatic rings. The van der Waals surface area contributed by atoms with Gasteiger partial charge in [0.05, 0.1) is 12.4 Å². The molecule has 0 radical (unpaired) electrons. The highest BCUT2D eigenvalue weighted by Gasteiger charge is 2.30. The Labute approximate surface area is 160 Å². The number of carbonyl (C=O) groups is 2. The van der Waals surface area contributed by atoms with Crippen molar-refractivity contribution in [2.24, 2.45) is 5.92 Å². The van der Waals surface area contributed by atoms with Crippen LogP contribution in [0.2, 0.25) is 0 Å². The molecule has 1 aliphatic rings. The predicted octanol–water partition coefficient (Wildman–Crippen LogP) is 2.28. The number of anilines is 2. The summed E-state index contributed by atoms with van der Waals surface area (Å²) in [7, 11) is -1.58. The van der Waals surface area contributed by atoms with Crippen LogP contribution in [0.3, 0.4) is 0 Å². The number of piperidine rings is 1. The van der Waals surface area contributed by atoms with E-state index in [2.05, 4.69) is 5.32 Å². The minimum atomic E-state index is -3.19. The summed E-state index contributed by atoms with van der Waals surface area (Å²) in [5, 5.41) is 2.86. The number of rotatable bonds is 6. The van der Waals surface area contributed by atoms with Crippen molar-refractivity contribution >= 4 is 33.4 Å². The zero-order valence-electron chi connectivity index (χ0n) is 16.0. The molecule has 9 heteroatoms. The molecule has 1 saturated heterocycles. The van der Waals surface area contributed by atoms with Crippen molar-refractivity contribution in [3.8, 4) is 0 Å². The number of carbonyl (C=O) groups excluding carboxylic acids is 2. The lowest BCUT2D eigenvalue weighted by atomic mass is 9.97. The van der Waals surface area contributed by atoms with Crippen LogP contribution in [0.5, 0.6) is 0 Å². The average Bonchev–Trinajstić information content (AvgIpc) is 2.68. The van der Waals surface area contributed by atoms with E-state index in [-0.39, 0.29) is 17.6 Å². The first-order chi connectivity index (χ1) is 12.8. The molecular formula is C18H27N3O5S. The molecule has 0 unspecified atom stereocenters. The van der Waals surface area contributed by atoms with Gasteiger partial charge in [-0.2, -0.15) is 0 Å². The zero-order valence-corrected chi connectivity index (χ0v) is 16.8. The Bertz CT molecular complexity index is 756. The van der Waals surface area contributed by atoms with Crippen molar-refractivity contribution in [3.63, 3.8) is 0 Å². The molecule has 0 spiro atoms. The summed E-state index contributed by atoms with van der Waals surface area (Å²) < 4.78 is 30.2. The van der Waals surface area contributed by atoms with Gasteiger partial charge in [0.15, 0.2) is 0 Å². The van der Waals surface area contributed by atoms with Crippen LogP contribution in [0.4, 0.5) is 16.2 Å². The van der Waals surface area contributed by atoms with Gasteiger partial charge in [0.1, 0.15) is 0 Å². The van der Waals surface area contributed by atoms with Gasteiger partial charge in [-0.1, -0.05) is 0 Å². The summed E-state index contributed by atoms with van der Waals surface area (Å²) in [6.07, 6.45) is 0.576. The number of hydrogen-bond acceptors (Lipinski definition) is 5. The maximum atomic E-state index is 12.4. The number of benzene rings is 1. The smallest absolute Gasteiger partial charge is 0.413 e. The molecule has 0 aromatic heterocycles. The largest absolute Gasteiger partial charge is 0.449 e. The fraction of sp³-hybridized carbons (Fsp3) is 0.556. The first-order valence-corrected chi connectivity index (χ1v) is 10.7. The quantitative estimate of drug-likeness (QED) is 0.794. The molecule has 27 heavy (non-hydrogen) atoms. The van der Waals surface area contributed by atoms with Gasteiger partial charge in [0.25, 0.3) is 0 Å². The first-order valence-electron chi connectivity index (χ1n) is 9.07. The Morgan fingerprint density at radius 3 is 2.30 bits per heavy atom. The molecule has 0 atom stereocenters. The van der Waals surface area contributed by atoms with E-state index in [4.69, 9.17) is 4.74 Å². The second-order valence-electron chi connectivity index (χ2n) is 6.37. The fourth-order valence-corrected chi connectivity index (χ4v) is 4.05. The highest BCUT2D eigenvalue weighted by atomic mass is 32.2. The lowest BCUT2D eigenvalue weighted by Crippen LogP contribution is -2.42. The van der Waals surface area contributed by atoms with Gasteiger partial charge in [-0.3, -0.25) is 9.69 Å². The maximum absolute atomic E-state index is 12.4. The minimum absolute atomic E-state index is 0.0798. The molecular weight excluding hydrogens is 370 g/mol. The molecule has 1 fully saturated rings. The SMILES string of the molecule is CCOC(=O)N(C)c1ccc(NC(=O)C2CCN(S(=O)(=O)CC)CC2)cc1. The number of nitrogens with one attached hydrogen (secondary N) is 1. The van der Waals surface area contributed by atoms with E-state index in [1.54, 1.807) is 45.2 Å². The van der Waals surface area contributed by atoms with Crippen LogP contribution in [-0.4, -0.2) is 57.2 Å². The standard InChI is InChI=1S/C18H27N3O5S/c1-4-26-18(23)20(3)16-8-6-15(7-9-16)19-17(22)14-10-12-21(13-11-14)27(24,25)5-2/h6-9,14H,4-5,10-13H2,1-3H3,(H,19,22). The van der Waals surface area contributed by atoms with Crippen LogP contribution in [-0.2, 0) is 19.6 Å².